The van der Waals surface area contributed by atoms with E-state index in [-0.39, 0.29) is 12.1 Å². The molecule has 0 spiro atoms. The van der Waals surface area contributed by atoms with Crippen LogP contribution in [0.5, 0.6) is 0 Å². The molecule has 0 bridgehead atoms. The Bertz CT molecular complexity index is 908. The topological polar surface area (TPSA) is 90.1 Å². The van der Waals surface area contributed by atoms with E-state index in [0.717, 1.165) is 23.4 Å². The summed E-state index contributed by atoms with van der Waals surface area (Å²) in [5.74, 6) is -1.49. The van der Waals surface area contributed by atoms with Gasteiger partial charge in [-0.3, -0.25) is 14.9 Å². The Balaban J connectivity index is 1.66. The minimum absolute atomic E-state index is 0.0307. The number of hydrogen-bond donors (Lipinski definition) is 1. The third-order valence-corrected chi connectivity index (χ3v) is 3.60. The molecule has 0 saturated heterocycles. The van der Waals surface area contributed by atoms with Gasteiger partial charge < -0.3 is 9.88 Å². The highest BCUT2D eigenvalue weighted by molar-refractivity contribution is 5.94. The minimum atomic E-state index is -0.975. The van der Waals surface area contributed by atoms with E-state index in [1.807, 2.05) is 35.0 Å². The van der Waals surface area contributed by atoms with Crippen LogP contribution in [0.25, 0.3) is 5.69 Å². The standard InChI is InChI=1S/C17H13FN4O3/c18-15-6-3-13(9-16(15)22(24)25)17(23)20-10-12-1-4-14(5-2-12)21-8-7-19-11-21/h1-9,11H,10H2,(H,20,23). The lowest BCUT2D eigenvalue weighted by molar-refractivity contribution is -0.387. The molecule has 0 aliphatic carbocycles. The van der Waals surface area contributed by atoms with Gasteiger partial charge in [0.2, 0.25) is 5.82 Å². The summed E-state index contributed by atoms with van der Waals surface area (Å²) in [7, 11) is 0. The van der Waals surface area contributed by atoms with Gasteiger partial charge in [-0.1, -0.05) is 12.1 Å². The number of amides is 1. The molecule has 1 amide bonds. The van der Waals surface area contributed by atoms with E-state index in [4.69, 9.17) is 0 Å². The molecule has 126 valence electrons. The van der Waals surface area contributed by atoms with Gasteiger partial charge in [-0.2, -0.15) is 4.39 Å². The maximum atomic E-state index is 13.3. The van der Waals surface area contributed by atoms with Gasteiger partial charge in [0.05, 0.1) is 11.3 Å². The molecule has 3 rings (SSSR count). The van der Waals surface area contributed by atoms with Crippen molar-refractivity contribution in [1.29, 1.82) is 0 Å². The Kier molecular flexibility index (Phi) is 4.51. The molecule has 0 radical (unpaired) electrons. The summed E-state index contributed by atoms with van der Waals surface area (Å²) in [6, 6.07) is 10.5. The van der Waals surface area contributed by atoms with E-state index in [1.54, 1.807) is 12.5 Å². The van der Waals surface area contributed by atoms with Gasteiger partial charge in [-0.05, 0) is 29.8 Å². The van der Waals surface area contributed by atoms with Crippen LogP contribution in [0.4, 0.5) is 10.1 Å². The van der Waals surface area contributed by atoms with Crippen LogP contribution in [0.3, 0.4) is 0 Å². The van der Waals surface area contributed by atoms with Crippen molar-refractivity contribution in [3.8, 4) is 5.69 Å². The quantitative estimate of drug-likeness (QED) is 0.571. The summed E-state index contributed by atoms with van der Waals surface area (Å²) in [5.41, 5.74) is 1.09. The lowest BCUT2D eigenvalue weighted by Crippen LogP contribution is -2.22. The third-order valence-electron chi connectivity index (χ3n) is 3.60. The average molecular weight is 340 g/mol. The SMILES string of the molecule is O=C(NCc1ccc(-n2ccnc2)cc1)c1ccc(F)c([N+](=O)[O-])c1. The molecular weight excluding hydrogens is 327 g/mol. The summed E-state index contributed by atoms with van der Waals surface area (Å²) in [5, 5.41) is 13.4. The molecule has 0 fully saturated rings. The summed E-state index contributed by atoms with van der Waals surface area (Å²) in [6.07, 6.45) is 5.17. The number of imidazole rings is 1. The Labute approximate surface area is 141 Å². The van der Waals surface area contributed by atoms with E-state index in [1.165, 1.54) is 6.07 Å². The number of aromatic nitrogens is 2. The summed E-state index contributed by atoms with van der Waals surface area (Å²) >= 11 is 0. The zero-order valence-corrected chi connectivity index (χ0v) is 12.9. The Morgan fingerprint density at radius 1 is 1.24 bits per heavy atom. The number of rotatable bonds is 5. The smallest absolute Gasteiger partial charge is 0.305 e. The van der Waals surface area contributed by atoms with Crippen LogP contribution in [0.1, 0.15) is 15.9 Å². The van der Waals surface area contributed by atoms with Gasteiger partial charge in [-0.15, -0.1) is 0 Å². The van der Waals surface area contributed by atoms with E-state index in [0.29, 0.717) is 0 Å². The van der Waals surface area contributed by atoms with Gasteiger partial charge in [0, 0.05) is 36.3 Å². The number of nitrogens with zero attached hydrogens (tertiary/aromatic N) is 3. The second-order valence-electron chi connectivity index (χ2n) is 5.24. The fourth-order valence-electron chi connectivity index (χ4n) is 2.28. The second kappa shape index (κ2) is 6.91. The van der Waals surface area contributed by atoms with Crippen molar-refractivity contribution < 1.29 is 14.1 Å². The lowest BCUT2D eigenvalue weighted by Gasteiger charge is -2.07. The predicted octanol–water partition coefficient (Wildman–Crippen LogP) is 2.85. The number of carbonyl (C=O) groups excluding carboxylic acids is 1. The molecule has 2 aromatic carbocycles. The molecule has 0 saturated carbocycles. The van der Waals surface area contributed by atoms with Crippen molar-refractivity contribution >= 4 is 11.6 Å². The number of nitro benzene ring substituents is 1. The fourth-order valence-corrected chi connectivity index (χ4v) is 2.28. The van der Waals surface area contributed by atoms with Crippen LogP contribution in [-0.2, 0) is 6.54 Å². The highest BCUT2D eigenvalue weighted by Crippen LogP contribution is 2.18. The number of nitrogens with one attached hydrogen (secondary N) is 1. The largest absolute Gasteiger partial charge is 0.348 e. The van der Waals surface area contributed by atoms with E-state index < -0.39 is 22.3 Å². The number of hydrogen-bond acceptors (Lipinski definition) is 4. The van der Waals surface area contributed by atoms with Crippen LogP contribution >= 0.6 is 0 Å². The van der Waals surface area contributed by atoms with E-state index in [9.17, 15) is 19.3 Å². The maximum Gasteiger partial charge on any atom is 0.305 e. The molecule has 0 aliphatic rings. The van der Waals surface area contributed by atoms with Gasteiger partial charge in [-0.25, -0.2) is 4.98 Å². The van der Waals surface area contributed by atoms with Crippen molar-refractivity contribution in [2.24, 2.45) is 0 Å². The first-order chi connectivity index (χ1) is 12.0. The van der Waals surface area contributed by atoms with Crippen molar-refractivity contribution in [2.75, 3.05) is 0 Å². The average Bonchev–Trinajstić information content (AvgIpc) is 3.15. The first-order valence-corrected chi connectivity index (χ1v) is 7.34. The van der Waals surface area contributed by atoms with Crippen LogP contribution in [-0.4, -0.2) is 20.4 Å². The summed E-state index contributed by atoms with van der Waals surface area (Å²) in [6.45, 7) is 0.244. The van der Waals surface area contributed by atoms with Crippen LogP contribution in [0.15, 0.2) is 61.2 Å². The highest BCUT2D eigenvalue weighted by atomic mass is 19.1. The van der Waals surface area contributed by atoms with Gasteiger partial charge in [0.25, 0.3) is 5.91 Å². The Hall–Kier alpha value is -3.55. The summed E-state index contributed by atoms with van der Waals surface area (Å²) < 4.78 is 15.2. The molecule has 25 heavy (non-hydrogen) atoms. The molecule has 0 aliphatic heterocycles. The molecule has 3 aromatic rings. The van der Waals surface area contributed by atoms with Crippen LogP contribution in [0.2, 0.25) is 0 Å². The van der Waals surface area contributed by atoms with Crippen molar-refractivity contribution in [1.82, 2.24) is 14.9 Å². The van der Waals surface area contributed by atoms with Gasteiger partial charge in [0.15, 0.2) is 0 Å². The molecule has 8 heteroatoms. The van der Waals surface area contributed by atoms with E-state index in [2.05, 4.69) is 10.3 Å². The first-order valence-electron chi connectivity index (χ1n) is 7.34. The number of benzene rings is 2. The monoisotopic (exact) mass is 340 g/mol. The van der Waals surface area contributed by atoms with Crippen molar-refractivity contribution in [3.05, 3.63) is 88.2 Å². The van der Waals surface area contributed by atoms with Gasteiger partial charge in [0.1, 0.15) is 0 Å². The Morgan fingerprint density at radius 2 is 2.00 bits per heavy atom. The van der Waals surface area contributed by atoms with Gasteiger partial charge >= 0.3 is 5.69 Å². The van der Waals surface area contributed by atoms with E-state index >= 15 is 0 Å². The molecule has 1 N–H and O–H groups in total. The lowest BCUT2D eigenvalue weighted by atomic mass is 10.1. The maximum absolute atomic E-state index is 13.3. The molecule has 7 nitrogen and oxygen atoms in total. The number of carbonyl (C=O) groups is 1. The second-order valence-corrected chi connectivity index (χ2v) is 5.24. The zero-order valence-electron chi connectivity index (χ0n) is 12.9. The minimum Gasteiger partial charge on any atom is -0.348 e. The Morgan fingerprint density at radius 3 is 2.64 bits per heavy atom. The van der Waals surface area contributed by atoms with Crippen LogP contribution in [0, 0.1) is 15.9 Å². The number of halogens is 1. The summed E-state index contributed by atoms with van der Waals surface area (Å²) in [4.78, 5) is 25.9. The first kappa shape index (κ1) is 16.3. The zero-order chi connectivity index (χ0) is 17.8. The van der Waals surface area contributed by atoms with Crippen LogP contribution < -0.4 is 5.32 Å². The fraction of sp³-hybridized carbons (Fsp3) is 0.0588. The van der Waals surface area contributed by atoms with Crippen molar-refractivity contribution in [3.63, 3.8) is 0 Å². The number of nitro groups is 1. The molecule has 1 heterocycles. The van der Waals surface area contributed by atoms with Crippen molar-refractivity contribution in [2.45, 2.75) is 6.54 Å². The predicted molar refractivity (Wildman–Crippen MR) is 87.8 cm³/mol. The molecule has 0 unspecified atom stereocenters. The highest BCUT2D eigenvalue weighted by Gasteiger charge is 2.17. The molecule has 1 aromatic heterocycles. The molecule has 0 atom stereocenters. The normalized spacial score (nSPS) is 10.4. The molecular formula is C17H13FN4O3. The third kappa shape index (κ3) is 3.69.